The Kier molecular flexibility index (Phi) is 1.73. The number of hydrogen-bond donors (Lipinski definition) is 1. The quantitative estimate of drug-likeness (QED) is 0.710. The van der Waals surface area contributed by atoms with Gasteiger partial charge in [0.25, 0.3) is 0 Å². The zero-order chi connectivity index (χ0) is 9.26. The monoisotopic (exact) mass is 175 g/mol. The first-order valence-electron chi connectivity index (χ1n) is 3.95. The van der Waals surface area contributed by atoms with Crippen molar-refractivity contribution in [2.45, 2.75) is 6.92 Å². The van der Waals surface area contributed by atoms with Gasteiger partial charge in [0.15, 0.2) is 0 Å². The predicted octanol–water partition coefficient (Wildman–Crippen LogP) is 1.28. The fraction of sp³-hybridized carbons (Fsp3) is 0.111. The second-order valence-electron chi connectivity index (χ2n) is 2.79. The lowest BCUT2D eigenvalue weighted by atomic mass is 10.3. The molecule has 1 N–H and O–H groups in total. The van der Waals surface area contributed by atoms with Gasteiger partial charge >= 0.3 is 0 Å². The van der Waals surface area contributed by atoms with Gasteiger partial charge in [-0.05, 0) is 19.1 Å². The first-order chi connectivity index (χ1) is 6.27. The van der Waals surface area contributed by atoms with Crippen molar-refractivity contribution in [2.24, 2.45) is 0 Å². The minimum Gasteiger partial charge on any atom is -0.506 e. The Morgan fingerprint density at radius 3 is 2.69 bits per heavy atom. The summed E-state index contributed by atoms with van der Waals surface area (Å²) in [5.41, 5.74) is 1.46. The third kappa shape index (κ3) is 1.38. The highest BCUT2D eigenvalue weighted by Crippen LogP contribution is 2.19. The van der Waals surface area contributed by atoms with E-state index in [0.29, 0.717) is 5.69 Å². The molecule has 0 aliphatic rings. The SMILES string of the molecule is Cc1cn(-c2ccccc2O)nn1. The average molecular weight is 175 g/mol. The average Bonchev–Trinajstić information content (AvgIpc) is 2.53. The number of aryl methyl sites for hydroxylation is 1. The maximum absolute atomic E-state index is 9.48. The van der Waals surface area contributed by atoms with E-state index < -0.39 is 0 Å². The van der Waals surface area contributed by atoms with Gasteiger partial charge in [-0.15, -0.1) is 5.10 Å². The van der Waals surface area contributed by atoms with E-state index in [-0.39, 0.29) is 5.75 Å². The van der Waals surface area contributed by atoms with Gasteiger partial charge in [0.05, 0.1) is 11.9 Å². The molecule has 2 rings (SSSR count). The number of phenolic OH excluding ortho intramolecular Hbond substituents is 1. The van der Waals surface area contributed by atoms with Crippen molar-refractivity contribution in [3.05, 3.63) is 36.2 Å². The molecule has 0 saturated carbocycles. The van der Waals surface area contributed by atoms with Gasteiger partial charge < -0.3 is 5.11 Å². The van der Waals surface area contributed by atoms with Crippen molar-refractivity contribution in [1.82, 2.24) is 15.0 Å². The number of aromatic hydroxyl groups is 1. The molecule has 66 valence electrons. The van der Waals surface area contributed by atoms with Crippen LogP contribution < -0.4 is 0 Å². The van der Waals surface area contributed by atoms with Crippen LogP contribution in [0.25, 0.3) is 5.69 Å². The van der Waals surface area contributed by atoms with E-state index in [2.05, 4.69) is 10.3 Å². The summed E-state index contributed by atoms with van der Waals surface area (Å²) in [5, 5.41) is 17.2. The smallest absolute Gasteiger partial charge is 0.141 e. The zero-order valence-electron chi connectivity index (χ0n) is 7.18. The molecule has 0 fully saturated rings. The van der Waals surface area contributed by atoms with E-state index in [9.17, 15) is 5.11 Å². The summed E-state index contributed by atoms with van der Waals surface area (Å²) in [5.74, 6) is 0.201. The van der Waals surface area contributed by atoms with Crippen molar-refractivity contribution in [1.29, 1.82) is 0 Å². The second-order valence-corrected chi connectivity index (χ2v) is 2.79. The van der Waals surface area contributed by atoms with Crippen molar-refractivity contribution in [3.63, 3.8) is 0 Å². The fourth-order valence-corrected chi connectivity index (χ4v) is 1.12. The molecule has 4 nitrogen and oxygen atoms in total. The molecule has 0 bridgehead atoms. The third-order valence-electron chi connectivity index (χ3n) is 1.74. The number of phenols is 1. The summed E-state index contributed by atoms with van der Waals surface area (Å²) < 4.78 is 1.55. The van der Waals surface area contributed by atoms with Crippen LogP contribution in [0.4, 0.5) is 0 Å². The molecule has 0 atom stereocenters. The largest absolute Gasteiger partial charge is 0.506 e. The maximum Gasteiger partial charge on any atom is 0.141 e. The van der Waals surface area contributed by atoms with E-state index in [1.165, 1.54) is 0 Å². The fourth-order valence-electron chi connectivity index (χ4n) is 1.12. The maximum atomic E-state index is 9.48. The summed E-state index contributed by atoms with van der Waals surface area (Å²) in [4.78, 5) is 0. The van der Waals surface area contributed by atoms with Crippen LogP contribution in [0.2, 0.25) is 0 Å². The first-order valence-corrected chi connectivity index (χ1v) is 3.95. The summed E-state index contributed by atoms with van der Waals surface area (Å²) >= 11 is 0. The summed E-state index contributed by atoms with van der Waals surface area (Å²) in [6.45, 7) is 1.85. The molecule has 1 aromatic heterocycles. The van der Waals surface area contributed by atoms with Crippen molar-refractivity contribution >= 4 is 0 Å². The number of para-hydroxylation sites is 2. The van der Waals surface area contributed by atoms with Crippen LogP contribution >= 0.6 is 0 Å². The molecule has 0 aliphatic heterocycles. The second kappa shape index (κ2) is 2.90. The minimum atomic E-state index is 0.201. The molecule has 4 heteroatoms. The highest BCUT2D eigenvalue weighted by atomic mass is 16.3. The minimum absolute atomic E-state index is 0.201. The van der Waals surface area contributed by atoms with Gasteiger partial charge in [0, 0.05) is 0 Å². The normalized spacial score (nSPS) is 10.2. The van der Waals surface area contributed by atoms with Crippen LogP contribution in [-0.2, 0) is 0 Å². The third-order valence-corrected chi connectivity index (χ3v) is 1.74. The van der Waals surface area contributed by atoms with Gasteiger partial charge in [-0.1, -0.05) is 17.3 Å². The molecule has 2 aromatic rings. The summed E-state index contributed by atoms with van der Waals surface area (Å²) in [6.07, 6.45) is 1.76. The molecule has 0 spiro atoms. The van der Waals surface area contributed by atoms with Crippen LogP contribution in [0, 0.1) is 6.92 Å². The predicted molar refractivity (Wildman–Crippen MR) is 47.8 cm³/mol. The topological polar surface area (TPSA) is 50.9 Å². The summed E-state index contributed by atoms with van der Waals surface area (Å²) in [6, 6.07) is 7.00. The van der Waals surface area contributed by atoms with Gasteiger partial charge in [-0.2, -0.15) is 0 Å². The highest BCUT2D eigenvalue weighted by molar-refractivity contribution is 5.44. The van der Waals surface area contributed by atoms with Crippen molar-refractivity contribution in [2.75, 3.05) is 0 Å². The van der Waals surface area contributed by atoms with E-state index in [4.69, 9.17) is 0 Å². The number of hydrogen-bond acceptors (Lipinski definition) is 3. The Morgan fingerprint density at radius 2 is 2.08 bits per heavy atom. The van der Waals surface area contributed by atoms with Crippen molar-refractivity contribution in [3.8, 4) is 11.4 Å². The van der Waals surface area contributed by atoms with Gasteiger partial charge in [0.1, 0.15) is 11.4 Å². The molecule has 13 heavy (non-hydrogen) atoms. The lowest BCUT2D eigenvalue weighted by molar-refractivity contribution is 0.470. The lowest BCUT2D eigenvalue weighted by Crippen LogP contribution is -1.94. The standard InChI is InChI=1S/C9H9N3O/c1-7-6-12(11-10-7)8-4-2-3-5-9(8)13/h2-6,13H,1H3. The number of nitrogens with zero attached hydrogens (tertiary/aromatic N) is 3. The molecule has 1 aromatic carbocycles. The van der Waals surface area contributed by atoms with E-state index in [1.807, 2.05) is 13.0 Å². The molecule has 1 heterocycles. The van der Waals surface area contributed by atoms with Crippen LogP contribution in [0.1, 0.15) is 5.69 Å². The Bertz CT molecular complexity index is 422. The summed E-state index contributed by atoms with van der Waals surface area (Å²) in [7, 11) is 0. The Balaban J connectivity index is 2.52. The van der Waals surface area contributed by atoms with Gasteiger partial charge in [-0.25, -0.2) is 4.68 Å². The molecule has 0 unspecified atom stereocenters. The van der Waals surface area contributed by atoms with E-state index >= 15 is 0 Å². The van der Waals surface area contributed by atoms with E-state index in [0.717, 1.165) is 5.69 Å². The van der Waals surface area contributed by atoms with Gasteiger partial charge in [-0.3, -0.25) is 0 Å². The Labute approximate surface area is 75.4 Å². The molecule has 0 amide bonds. The molecule has 0 saturated heterocycles. The molecule has 0 radical (unpaired) electrons. The Hall–Kier alpha value is -1.84. The van der Waals surface area contributed by atoms with Crippen LogP contribution in [-0.4, -0.2) is 20.1 Å². The lowest BCUT2D eigenvalue weighted by Gasteiger charge is -2.01. The molecule has 0 aliphatic carbocycles. The van der Waals surface area contributed by atoms with Gasteiger partial charge in [0.2, 0.25) is 0 Å². The van der Waals surface area contributed by atoms with E-state index in [1.54, 1.807) is 29.1 Å². The molecular formula is C9H9N3O. The number of aromatic nitrogens is 3. The van der Waals surface area contributed by atoms with Crippen LogP contribution in [0.15, 0.2) is 30.5 Å². The Morgan fingerprint density at radius 1 is 1.31 bits per heavy atom. The zero-order valence-corrected chi connectivity index (χ0v) is 7.18. The van der Waals surface area contributed by atoms with Crippen molar-refractivity contribution < 1.29 is 5.11 Å². The van der Waals surface area contributed by atoms with Crippen LogP contribution in [0.3, 0.4) is 0 Å². The first kappa shape index (κ1) is 7.79. The molecular weight excluding hydrogens is 166 g/mol. The van der Waals surface area contributed by atoms with Crippen LogP contribution in [0.5, 0.6) is 5.75 Å². The number of benzene rings is 1. The number of rotatable bonds is 1. The highest BCUT2D eigenvalue weighted by Gasteiger charge is 2.03.